The number of ether oxygens (including phenoxy) is 1. The Kier molecular flexibility index (Phi) is 16.0. The van der Waals surface area contributed by atoms with Crippen LogP contribution in [0.1, 0.15) is 27.6 Å². The van der Waals surface area contributed by atoms with Gasteiger partial charge < -0.3 is 26.6 Å². The fourth-order valence-electron chi connectivity index (χ4n) is 5.20. The number of primary amides is 2. The molecule has 0 saturated heterocycles. The third-order valence-corrected chi connectivity index (χ3v) is 7.96. The number of carboxylic acid groups (broad SMARTS) is 1. The van der Waals surface area contributed by atoms with E-state index in [2.05, 4.69) is 20.0 Å². The van der Waals surface area contributed by atoms with Gasteiger partial charge in [0.15, 0.2) is 0 Å². The van der Waals surface area contributed by atoms with Gasteiger partial charge >= 0.3 is 21.9 Å². The SMILES string of the molecule is CC(=O)OC(Cl)(Cl)Cl.NC(=O)c1ccc(N(C(N)=O)c2c(F)cccc2F)nc1-c1ccc(F)cc1F.O=C(O)c1ccc(Nc2c(F)cccc2F)nc1-c1ccc(F)cc1F. The second kappa shape index (κ2) is 20.7. The molecule has 3 amide bonds. The predicted octanol–water partition coefficient (Wildman–Crippen LogP) is 10.2. The predicted molar refractivity (Wildman–Crippen MR) is 214 cm³/mol. The van der Waals surface area contributed by atoms with Crippen LogP contribution in [0.3, 0.4) is 0 Å². The molecule has 63 heavy (non-hydrogen) atoms. The summed E-state index contributed by atoms with van der Waals surface area (Å²) in [6.07, 6.45) is 0. The molecular formula is C40H25Cl3F8N6O6. The summed E-state index contributed by atoms with van der Waals surface area (Å²) < 4.78 is 113. The van der Waals surface area contributed by atoms with Crippen LogP contribution < -0.4 is 21.7 Å². The van der Waals surface area contributed by atoms with Crippen LogP contribution in [0.15, 0.2) is 97.1 Å². The van der Waals surface area contributed by atoms with Crippen LogP contribution in [-0.2, 0) is 9.53 Å². The van der Waals surface area contributed by atoms with Crippen molar-refractivity contribution < 1.29 is 64.1 Å². The van der Waals surface area contributed by atoms with Gasteiger partial charge in [0.2, 0.25) is 0 Å². The minimum atomic E-state index is -1.91. The minimum absolute atomic E-state index is 0.113. The van der Waals surface area contributed by atoms with Crippen molar-refractivity contribution in [2.75, 3.05) is 10.2 Å². The summed E-state index contributed by atoms with van der Waals surface area (Å²) in [7, 11) is 0. The lowest BCUT2D eigenvalue weighted by atomic mass is 10.0. The smallest absolute Gasteiger partial charge is 0.340 e. The van der Waals surface area contributed by atoms with Crippen molar-refractivity contribution in [3.63, 3.8) is 0 Å². The first-order chi connectivity index (χ1) is 29.5. The average molecular weight is 944 g/mol. The molecule has 6 rings (SSSR count). The molecule has 0 radical (unpaired) electrons. The Balaban J connectivity index is 0.000000237. The van der Waals surface area contributed by atoms with E-state index in [0.29, 0.717) is 17.0 Å². The summed E-state index contributed by atoms with van der Waals surface area (Å²) in [4.78, 5) is 53.4. The van der Waals surface area contributed by atoms with Gasteiger partial charge in [0, 0.05) is 30.2 Å². The highest BCUT2D eigenvalue weighted by atomic mass is 35.6. The summed E-state index contributed by atoms with van der Waals surface area (Å²) in [5.41, 5.74) is 7.37. The molecule has 4 aromatic carbocycles. The molecule has 6 aromatic rings. The van der Waals surface area contributed by atoms with Crippen LogP contribution in [0.2, 0.25) is 0 Å². The maximum absolute atomic E-state index is 14.3. The van der Waals surface area contributed by atoms with Crippen LogP contribution >= 0.6 is 34.8 Å². The van der Waals surface area contributed by atoms with Crippen molar-refractivity contribution in [1.82, 2.24) is 9.97 Å². The van der Waals surface area contributed by atoms with E-state index in [1.54, 1.807) is 0 Å². The molecule has 6 N–H and O–H groups in total. The number of hydrogen-bond acceptors (Lipinski definition) is 8. The first kappa shape index (κ1) is 48.6. The van der Waals surface area contributed by atoms with E-state index in [-0.39, 0.29) is 39.5 Å². The number of aromatic nitrogens is 2. The van der Waals surface area contributed by atoms with E-state index in [4.69, 9.17) is 46.3 Å². The molecule has 0 saturated carbocycles. The van der Waals surface area contributed by atoms with E-state index in [9.17, 15) is 59.4 Å². The fourth-order valence-corrected chi connectivity index (χ4v) is 5.52. The number of nitrogens with zero attached hydrogens (tertiary/aromatic N) is 3. The Bertz CT molecular complexity index is 2690. The molecule has 0 atom stereocenters. The van der Waals surface area contributed by atoms with Crippen LogP contribution in [0.25, 0.3) is 22.5 Å². The number of carbonyl (C=O) groups excluding carboxylic acids is 3. The Labute approximate surface area is 364 Å². The van der Waals surface area contributed by atoms with Gasteiger partial charge in [-0.2, -0.15) is 0 Å². The first-order valence-electron chi connectivity index (χ1n) is 17.0. The maximum Gasteiger partial charge on any atom is 0.340 e. The normalized spacial score (nSPS) is 10.7. The quantitative estimate of drug-likeness (QED) is 0.0653. The molecule has 2 aromatic heterocycles. The summed E-state index contributed by atoms with van der Waals surface area (Å²) in [5, 5.41) is 11.7. The number of anilines is 4. The monoisotopic (exact) mass is 942 g/mol. The lowest BCUT2D eigenvalue weighted by Gasteiger charge is -2.22. The Morgan fingerprint density at radius 3 is 1.54 bits per heavy atom. The number of nitrogens with two attached hydrogens (primary N) is 2. The standard InChI is InChI=1S/C19H12F4N4O2.C18H10F4N2O2.C3H3Cl3O2/c20-9-4-5-10(14(23)8-9)16-11(18(24)28)6-7-15(26-16)27(19(25)29)17-12(21)2-1-3-13(17)22;19-9-4-5-10(14(22)8-9)16-11(18(25)26)6-7-15(23-16)24-17-12(20)2-1-3-13(17)21;1-2(7)8-3(4,5)6/h1-8H,(H2,24,28)(H2,25,29);1-8H,(H,23,24)(H,25,26);1H3. The number of para-hydroxylation sites is 2. The zero-order valence-electron chi connectivity index (χ0n) is 31.4. The first-order valence-corrected chi connectivity index (χ1v) is 18.1. The molecule has 0 unspecified atom stereocenters. The van der Waals surface area contributed by atoms with Gasteiger partial charge in [0.1, 0.15) is 69.5 Å². The summed E-state index contributed by atoms with van der Waals surface area (Å²) in [5.74, 6) is -11.3. The van der Waals surface area contributed by atoms with Crippen molar-refractivity contribution >= 4 is 81.7 Å². The highest BCUT2D eigenvalue weighted by Crippen LogP contribution is 2.34. The lowest BCUT2D eigenvalue weighted by Crippen LogP contribution is -2.33. The number of pyridine rings is 2. The highest BCUT2D eigenvalue weighted by Gasteiger charge is 2.27. The van der Waals surface area contributed by atoms with Crippen LogP contribution in [0, 0.1) is 46.5 Å². The number of aromatic carboxylic acids is 1. The Morgan fingerprint density at radius 2 is 1.13 bits per heavy atom. The number of rotatable bonds is 8. The zero-order chi connectivity index (χ0) is 46.9. The van der Waals surface area contributed by atoms with Gasteiger partial charge in [-0.1, -0.05) is 12.1 Å². The third kappa shape index (κ3) is 12.8. The van der Waals surface area contributed by atoms with Gasteiger partial charge in [-0.3, -0.25) is 9.59 Å². The molecular weight excluding hydrogens is 919 g/mol. The number of esters is 1. The largest absolute Gasteiger partial charge is 0.478 e. The Morgan fingerprint density at radius 1 is 0.651 bits per heavy atom. The van der Waals surface area contributed by atoms with Crippen LogP contribution in [-0.4, -0.2) is 42.9 Å². The number of alkyl halides is 3. The molecule has 0 spiro atoms. The molecule has 0 aliphatic carbocycles. The number of carboxylic acids is 1. The van der Waals surface area contributed by atoms with Gasteiger partial charge in [-0.25, -0.2) is 59.6 Å². The van der Waals surface area contributed by atoms with Gasteiger partial charge in [-0.05, 0) is 108 Å². The van der Waals surface area contributed by atoms with Crippen LogP contribution in [0.5, 0.6) is 0 Å². The highest BCUT2D eigenvalue weighted by molar-refractivity contribution is 6.66. The van der Waals surface area contributed by atoms with Crippen LogP contribution in [0.4, 0.5) is 62.9 Å². The van der Waals surface area contributed by atoms with Gasteiger partial charge in [-0.15, -0.1) is 0 Å². The van der Waals surface area contributed by atoms with E-state index < -0.39 is 91.6 Å². The molecule has 0 aliphatic heterocycles. The van der Waals surface area contributed by atoms with Crippen molar-refractivity contribution in [2.24, 2.45) is 11.5 Å². The number of hydrogen-bond donors (Lipinski definition) is 4. The molecule has 12 nitrogen and oxygen atoms in total. The molecule has 2 heterocycles. The van der Waals surface area contributed by atoms with E-state index in [0.717, 1.165) is 79.7 Å². The Hall–Kier alpha value is -7.03. The summed E-state index contributed by atoms with van der Waals surface area (Å²) in [6, 6.07) is 14.3. The van der Waals surface area contributed by atoms with E-state index in [1.165, 1.54) is 12.1 Å². The molecule has 23 heteroatoms. The molecule has 0 bridgehead atoms. The zero-order valence-corrected chi connectivity index (χ0v) is 33.6. The van der Waals surface area contributed by atoms with E-state index >= 15 is 0 Å². The number of nitrogens with one attached hydrogen (secondary N) is 1. The number of carbonyl (C=O) groups is 4. The van der Waals surface area contributed by atoms with Gasteiger partial charge in [0.05, 0.1) is 22.5 Å². The number of urea groups is 1. The van der Waals surface area contributed by atoms with E-state index in [1.807, 2.05) is 0 Å². The topological polar surface area (TPSA) is 191 Å². The minimum Gasteiger partial charge on any atom is -0.478 e. The third-order valence-electron chi connectivity index (χ3n) is 7.73. The number of benzene rings is 4. The van der Waals surface area contributed by atoms with Crippen molar-refractivity contribution in [3.05, 3.63) is 155 Å². The summed E-state index contributed by atoms with van der Waals surface area (Å²) >= 11 is 15.0. The second-order valence-corrected chi connectivity index (χ2v) is 14.3. The molecule has 0 aliphatic rings. The fraction of sp³-hybridized carbons (Fsp3) is 0.0500. The molecule has 0 fully saturated rings. The number of halogens is 11. The van der Waals surface area contributed by atoms with Crippen molar-refractivity contribution in [2.45, 2.75) is 10.9 Å². The maximum atomic E-state index is 14.3. The molecule has 328 valence electrons. The van der Waals surface area contributed by atoms with Gasteiger partial charge in [0.25, 0.3) is 5.91 Å². The van der Waals surface area contributed by atoms with Crippen molar-refractivity contribution in [1.29, 1.82) is 0 Å². The van der Waals surface area contributed by atoms with Crippen molar-refractivity contribution in [3.8, 4) is 22.5 Å². The number of amides is 3. The average Bonchev–Trinajstić information content (AvgIpc) is 3.17. The summed E-state index contributed by atoms with van der Waals surface area (Å²) in [6.45, 7) is 1.15. The second-order valence-electron chi connectivity index (χ2n) is 12.1. The lowest BCUT2D eigenvalue weighted by molar-refractivity contribution is -0.141.